The van der Waals surface area contributed by atoms with E-state index in [1.807, 2.05) is 12.1 Å². The number of benzene rings is 1. The second-order valence-corrected chi connectivity index (χ2v) is 13.7. The fraction of sp³-hybridized carbons (Fsp3) is 0.586. The molecule has 1 unspecified atom stereocenters. The van der Waals surface area contributed by atoms with Crippen molar-refractivity contribution in [2.24, 2.45) is 11.8 Å². The second-order valence-electron chi connectivity index (χ2n) is 11.1. The molecule has 1 aliphatic carbocycles. The standard InChI is InChI=1S/C29H43ClN6O2S2/c1-3-5-21-6-8-23(9-7-21)24-10-12-25(13-11-24)33-29(39)35-34-28-27(30)18-26(19-31-28)40(37,38)32-16-14-22-15-17-36(4-2)20-22/h10-13,18-19,21-23,32H,3-9,14-17,20H2,1-2H3,(H,31,34)(H2,33,35,39). The summed E-state index contributed by atoms with van der Waals surface area (Å²) in [7, 11) is -3.70. The first-order valence-electron chi connectivity index (χ1n) is 14.6. The van der Waals surface area contributed by atoms with Crippen LogP contribution in [-0.2, 0) is 10.0 Å². The van der Waals surface area contributed by atoms with Crippen molar-refractivity contribution in [3.63, 3.8) is 0 Å². The van der Waals surface area contributed by atoms with Gasteiger partial charge in [0.15, 0.2) is 10.9 Å². The molecule has 1 aromatic carbocycles. The van der Waals surface area contributed by atoms with Crippen molar-refractivity contribution >= 4 is 50.5 Å². The molecule has 1 atom stereocenters. The number of pyridine rings is 1. The lowest BCUT2D eigenvalue weighted by Gasteiger charge is -2.28. The lowest BCUT2D eigenvalue weighted by atomic mass is 9.77. The molecule has 1 aromatic heterocycles. The summed E-state index contributed by atoms with van der Waals surface area (Å²) in [5.74, 6) is 2.34. The van der Waals surface area contributed by atoms with Crippen LogP contribution in [0.2, 0.25) is 5.02 Å². The van der Waals surface area contributed by atoms with Gasteiger partial charge in [0.05, 0.1) is 5.02 Å². The topological polar surface area (TPSA) is 98.4 Å². The minimum Gasteiger partial charge on any atom is -0.331 e. The first kappa shape index (κ1) is 31.0. The zero-order valence-corrected chi connectivity index (χ0v) is 26.0. The molecule has 0 radical (unpaired) electrons. The minimum absolute atomic E-state index is 0.0318. The summed E-state index contributed by atoms with van der Waals surface area (Å²) in [6, 6.07) is 9.85. The summed E-state index contributed by atoms with van der Waals surface area (Å²) in [6.07, 6.45) is 11.0. The van der Waals surface area contributed by atoms with Crippen molar-refractivity contribution in [1.29, 1.82) is 0 Å². The maximum Gasteiger partial charge on any atom is 0.242 e. The molecule has 2 aromatic rings. The van der Waals surface area contributed by atoms with Gasteiger partial charge in [-0.2, -0.15) is 0 Å². The summed E-state index contributed by atoms with van der Waals surface area (Å²) in [4.78, 5) is 6.61. The molecule has 2 heterocycles. The number of likely N-dealkylation sites (tertiary alicyclic amines) is 1. The van der Waals surface area contributed by atoms with E-state index in [0.29, 0.717) is 23.5 Å². The number of aromatic nitrogens is 1. The van der Waals surface area contributed by atoms with Gasteiger partial charge in [0.2, 0.25) is 10.0 Å². The van der Waals surface area contributed by atoms with Crippen LogP contribution in [0.1, 0.15) is 76.7 Å². The molecule has 1 saturated heterocycles. The van der Waals surface area contributed by atoms with Crippen LogP contribution >= 0.6 is 23.8 Å². The van der Waals surface area contributed by atoms with Gasteiger partial charge >= 0.3 is 0 Å². The number of nitrogens with one attached hydrogen (secondary N) is 4. The van der Waals surface area contributed by atoms with E-state index >= 15 is 0 Å². The van der Waals surface area contributed by atoms with Gasteiger partial charge in [0.1, 0.15) is 4.90 Å². The fourth-order valence-corrected chi connectivity index (χ4v) is 7.35. The molecule has 0 amide bonds. The van der Waals surface area contributed by atoms with Crippen molar-refractivity contribution < 1.29 is 8.42 Å². The van der Waals surface area contributed by atoms with E-state index in [2.05, 4.69) is 56.8 Å². The van der Waals surface area contributed by atoms with Gasteiger partial charge in [-0.15, -0.1) is 0 Å². The fourth-order valence-electron chi connectivity index (χ4n) is 5.89. The summed E-state index contributed by atoms with van der Waals surface area (Å²) in [5.41, 5.74) is 8.00. The van der Waals surface area contributed by atoms with Crippen molar-refractivity contribution in [3.8, 4) is 0 Å². The van der Waals surface area contributed by atoms with Gasteiger partial charge in [-0.05, 0) is 105 Å². The Bertz CT molecular complexity index is 1220. The number of hydrogen-bond acceptors (Lipinski definition) is 6. The van der Waals surface area contributed by atoms with E-state index in [4.69, 9.17) is 23.8 Å². The quantitative estimate of drug-likeness (QED) is 0.169. The Labute approximate surface area is 250 Å². The van der Waals surface area contributed by atoms with Crippen LogP contribution in [0, 0.1) is 11.8 Å². The maximum absolute atomic E-state index is 12.7. The monoisotopic (exact) mass is 606 g/mol. The summed E-state index contributed by atoms with van der Waals surface area (Å²) in [5, 5.41) is 3.67. The molecule has 1 saturated carbocycles. The third-order valence-corrected chi connectivity index (χ3v) is 10.2. The van der Waals surface area contributed by atoms with Gasteiger partial charge in [-0.1, -0.05) is 50.4 Å². The third-order valence-electron chi connectivity index (χ3n) is 8.27. The van der Waals surface area contributed by atoms with Crippen LogP contribution in [0.3, 0.4) is 0 Å². The SMILES string of the molecule is CCCC1CCC(c2ccc(NC(=S)NNc3ncc(S(=O)(=O)NCCC4CCN(CC)C4)cc3Cl)cc2)CC1. The maximum atomic E-state index is 12.7. The second kappa shape index (κ2) is 14.8. The number of hydrogen-bond donors (Lipinski definition) is 4. The number of nitrogens with zero attached hydrogens (tertiary/aromatic N) is 2. The van der Waals surface area contributed by atoms with E-state index in [-0.39, 0.29) is 15.7 Å². The molecule has 0 spiro atoms. The highest BCUT2D eigenvalue weighted by molar-refractivity contribution is 7.89. The number of halogens is 1. The Morgan fingerprint density at radius 2 is 1.82 bits per heavy atom. The number of anilines is 2. The predicted molar refractivity (Wildman–Crippen MR) is 168 cm³/mol. The lowest BCUT2D eigenvalue weighted by Crippen LogP contribution is -2.34. The third kappa shape index (κ3) is 8.76. The zero-order chi connectivity index (χ0) is 28.5. The van der Waals surface area contributed by atoms with Gasteiger partial charge in [0.25, 0.3) is 0 Å². The summed E-state index contributed by atoms with van der Waals surface area (Å²) < 4.78 is 28.2. The van der Waals surface area contributed by atoms with Gasteiger partial charge in [0, 0.05) is 25.0 Å². The van der Waals surface area contributed by atoms with Crippen LogP contribution in [0.15, 0.2) is 41.4 Å². The highest BCUT2D eigenvalue weighted by Crippen LogP contribution is 2.37. The first-order valence-corrected chi connectivity index (χ1v) is 16.8. The Morgan fingerprint density at radius 3 is 2.48 bits per heavy atom. The molecule has 2 fully saturated rings. The van der Waals surface area contributed by atoms with Crippen LogP contribution in [-0.4, -0.2) is 49.6 Å². The van der Waals surface area contributed by atoms with Crippen molar-refractivity contribution in [2.75, 3.05) is 36.9 Å². The molecule has 11 heteroatoms. The Kier molecular flexibility index (Phi) is 11.4. The normalized spacial score (nSPS) is 21.7. The largest absolute Gasteiger partial charge is 0.331 e. The van der Waals surface area contributed by atoms with Crippen LogP contribution < -0.4 is 20.9 Å². The molecular weight excluding hydrogens is 564 g/mol. The van der Waals surface area contributed by atoms with E-state index in [1.54, 1.807) is 0 Å². The molecule has 2 aliphatic rings. The average Bonchev–Trinajstić information content (AvgIpc) is 3.41. The van der Waals surface area contributed by atoms with Crippen molar-refractivity contribution in [2.45, 2.75) is 76.0 Å². The number of rotatable bonds is 12. The number of thiocarbonyl (C=S) groups is 1. The highest BCUT2D eigenvalue weighted by atomic mass is 35.5. The molecule has 40 heavy (non-hydrogen) atoms. The molecule has 0 bridgehead atoms. The van der Waals surface area contributed by atoms with Crippen molar-refractivity contribution in [3.05, 3.63) is 47.1 Å². The Hall–Kier alpha value is -1.98. The zero-order valence-electron chi connectivity index (χ0n) is 23.6. The van der Waals surface area contributed by atoms with Gasteiger partial charge < -0.3 is 10.2 Å². The molecule has 220 valence electrons. The molecule has 1 aliphatic heterocycles. The lowest BCUT2D eigenvalue weighted by molar-refractivity contribution is 0.308. The van der Waals surface area contributed by atoms with Gasteiger partial charge in [-0.3, -0.25) is 10.9 Å². The Morgan fingerprint density at radius 1 is 1.07 bits per heavy atom. The average molecular weight is 607 g/mol. The summed E-state index contributed by atoms with van der Waals surface area (Å²) in [6.45, 7) is 7.97. The van der Waals surface area contributed by atoms with E-state index in [0.717, 1.165) is 44.1 Å². The summed E-state index contributed by atoms with van der Waals surface area (Å²) >= 11 is 11.7. The minimum atomic E-state index is -3.70. The van der Waals surface area contributed by atoms with Crippen LogP contribution in [0.5, 0.6) is 0 Å². The number of hydrazine groups is 1. The predicted octanol–water partition coefficient (Wildman–Crippen LogP) is 6.13. The first-order chi connectivity index (χ1) is 19.3. The van der Waals surface area contributed by atoms with Gasteiger partial charge in [-0.25, -0.2) is 18.1 Å². The van der Waals surface area contributed by atoms with Crippen LogP contribution in [0.25, 0.3) is 0 Å². The smallest absolute Gasteiger partial charge is 0.242 e. The highest BCUT2D eigenvalue weighted by Gasteiger charge is 2.23. The Balaban J connectivity index is 1.21. The van der Waals surface area contributed by atoms with Crippen LogP contribution in [0.4, 0.5) is 11.5 Å². The number of sulfonamides is 1. The molecule has 4 rings (SSSR count). The molecule has 8 nitrogen and oxygen atoms in total. The van der Waals surface area contributed by atoms with Crippen molar-refractivity contribution in [1.82, 2.24) is 20.0 Å². The van der Waals surface area contributed by atoms with E-state index in [1.165, 1.54) is 56.4 Å². The molecule has 4 N–H and O–H groups in total. The van der Waals surface area contributed by atoms with E-state index < -0.39 is 10.0 Å². The molecular formula is C29H43ClN6O2S2. The van der Waals surface area contributed by atoms with E-state index in [9.17, 15) is 8.42 Å².